The third-order valence-electron chi connectivity index (χ3n) is 3.73. The van der Waals surface area contributed by atoms with Gasteiger partial charge in [-0.25, -0.2) is 0 Å². The Morgan fingerprint density at radius 1 is 1.35 bits per heavy atom. The number of aryl methyl sites for hydroxylation is 1. The minimum Gasteiger partial charge on any atom is -0.383 e. The van der Waals surface area contributed by atoms with Gasteiger partial charge in [0, 0.05) is 19.3 Å². The second-order valence-electron chi connectivity index (χ2n) is 5.18. The first-order chi connectivity index (χ1) is 9.47. The van der Waals surface area contributed by atoms with Crippen LogP contribution in [0.4, 0.5) is 18.9 Å². The second kappa shape index (κ2) is 6.04. The van der Waals surface area contributed by atoms with Gasteiger partial charge in [-0.3, -0.25) is 0 Å². The lowest BCUT2D eigenvalue weighted by Gasteiger charge is -2.38. The molecular weight excluding hydrogens is 267 g/mol. The molecule has 1 aliphatic heterocycles. The van der Waals surface area contributed by atoms with E-state index in [1.54, 1.807) is 13.2 Å². The number of hydrogen-bond acceptors (Lipinski definition) is 2. The lowest BCUT2D eigenvalue weighted by Crippen LogP contribution is -2.42. The van der Waals surface area contributed by atoms with Crippen LogP contribution in [0.3, 0.4) is 0 Å². The number of ether oxygens (including phenoxy) is 1. The molecule has 1 unspecified atom stereocenters. The van der Waals surface area contributed by atoms with Crippen molar-refractivity contribution in [1.82, 2.24) is 0 Å². The van der Waals surface area contributed by atoms with Gasteiger partial charge in [-0.15, -0.1) is 0 Å². The van der Waals surface area contributed by atoms with E-state index in [-0.39, 0.29) is 6.04 Å². The maximum absolute atomic E-state index is 12.8. The molecule has 0 aliphatic carbocycles. The molecule has 2 rings (SSSR count). The summed E-state index contributed by atoms with van der Waals surface area (Å²) >= 11 is 0. The predicted molar refractivity (Wildman–Crippen MR) is 73.1 cm³/mol. The molecule has 1 heterocycles. The maximum atomic E-state index is 12.8. The fraction of sp³-hybridized carbons (Fsp3) is 0.600. The Labute approximate surface area is 117 Å². The Kier molecular flexibility index (Phi) is 4.58. The quantitative estimate of drug-likeness (QED) is 0.833. The summed E-state index contributed by atoms with van der Waals surface area (Å²) in [7, 11) is 1.66. The van der Waals surface area contributed by atoms with Crippen molar-refractivity contribution in [2.24, 2.45) is 0 Å². The maximum Gasteiger partial charge on any atom is 0.416 e. The smallest absolute Gasteiger partial charge is 0.383 e. The van der Waals surface area contributed by atoms with Crippen molar-refractivity contribution in [3.63, 3.8) is 0 Å². The summed E-state index contributed by atoms with van der Waals surface area (Å²) < 4.78 is 43.5. The number of alkyl halides is 3. The minimum atomic E-state index is -4.27. The molecule has 0 saturated heterocycles. The number of halogens is 3. The highest BCUT2D eigenvalue weighted by atomic mass is 19.4. The standard InChI is InChI=1S/C15H20F3NO/c1-3-8-19-13(10-20-2)6-4-11-9-12(15(16,17)18)5-7-14(11)19/h5,7,9,13H,3-4,6,8,10H2,1-2H3. The van der Waals surface area contributed by atoms with Gasteiger partial charge in [0.05, 0.1) is 18.2 Å². The van der Waals surface area contributed by atoms with Gasteiger partial charge >= 0.3 is 6.18 Å². The Bertz CT molecular complexity index is 459. The van der Waals surface area contributed by atoms with Crippen LogP contribution in [0.1, 0.15) is 30.9 Å². The number of benzene rings is 1. The molecule has 0 bridgehead atoms. The first kappa shape index (κ1) is 15.2. The van der Waals surface area contributed by atoms with Gasteiger partial charge < -0.3 is 9.64 Å². The van der Waals surface area contributed by atoms with Crippen molar-refractivity contribution >= 4 is 5.69 Å². The molecule has 0 saturated carbocycles. The first-order valence-electron chi connectivity index (χ1n) is 6.93. The van der Waals surface area contributed by atoms with Crippen molar-refractivity contribution < 1.29 is 17.9 Å². The highest BCUT2D eigenvalue weighted by Gasteiger charge is 2.33. The SMILES string of the molecule is CCCN1c2ccc(C(F)(F)F)cc2CCC1COC. The monoisotopic (exact) mass is 287 g/mol. The number of hydrogen-bond donors (Lipinski definition) is 0. The van der Waals surface area contributed by atoms with Crippen molar-refractivity contribution in [3.8, 4) is 0 Å². The van der Waals surface area contributed by atoms with Gasteiger partial charge in [0.1, 0.15) is 0 Å². The number of rotatable bonds is 4. The summed E-state index contributed by atoms with van der Waals surface area (Å²) in [4.78, 5) is 2.18. The Morgan fingerprint density at radius 3 is 2.70 bits per heavy atom. The molecule has 2 nitrogen and oxygen atoms in total. The molecule has 0 spiro atoms. The zero-order valence-electron chi connectivity index (χ0n) is 11.8. The van der Waals surface area contributed by atoms with Crippen molar-refractivity contribution in [2.75, 3.05) is 25.2 Å². The van der Waals surface area contributed by atoms with Crippen molar-refractivity contribution in [3.05, 3.63) is 29.3 Å². The average molecular weight is 287 g/mol. The lowest BCUT2D eigenvalue weighted by atomic mass is 9.94. The zero-order chi connectivity index (χ0) is 14.8. The largest absolute Gasteiger partial charge is 0.416 e. The molecule has 20 heavy (non-hydrogen) atoms. The van der Waals surface area contributed by atoms with E-state index in [2.05, 4.69) is 11.8 Å². The van der Waals surface area contributed by atoms with Gasteiger partial charge in [-0.2, -0.15) is 13.2 Å². The van der Waals surface area contributed by atoms with E-state index in [0.29, 0.717) is 13.0 Å². The summed E-state index contributed by atoms with van der Waals surface area (Å²) in [6.45, 7) is 3.52. The lowest BCUT2D eigenvalue weighted by molar-refractivity contribution is -0.137. The topological polar surface area (TPSA) is 12.5 Å². The number of nitrogens with zero attached hydrogens (tertiary/aromatic N) is 1. The van der Waals surface area contributed by atoms with Crippen LogP contribution in [0.2, 0.25) is 0 Å². The minimum absolute atomic E-state index is 0.254. The van der Waals surface area contributed by atoms with Gasteiger partial charge in [0.2, 0.25) is 0 Å². The highest BCUT2D eigenvalue weighted by Crippen LogP contribution is 2.36. The van der Waals surface area contributed by atoms with Crippen LogP contribution < -0.4 is 4.90 Å². The predicted octanol–water partition coefficient (Wildman–Crippen LogP) is 3.88. The van der Waals surface area contributed by atoms with Gasteiger partial charge in [0.25, 0.3) is 0 Å². The molecule has 1 aliphatic rings. The summed E-state index contributed by atoms with van der Waals surface area (Å²) in [5.74, 6) is 0. The molecule has 0 N–H and O–H groups in total. The Balaban J connectivity index is 2.33. The molecular formula is C15H20F3NO. The zero-order valence-corrected chi connectivity index (χ0v) is 11.8. The molecule has 0 fully saturated rings. The summed E-state index contributed by atoms with van der Waals surface area (Å²) in [6.07, 6.45) is -1.80. The van der Waals surface area contributed by atoms with Gasteiger partial charge in [0.15, 0.2) is 0 Å². The summed E-state index contributed by atoms with van der Waals surface area (Å²) in [6, 6.07) is 4.33. The number of methoxy groups -OCH3 is 1. The molecule has 112 valence electrons. The van der Waals surface area contributed by atoms with Crippen LogP contribution in [-0.4, -0.2) is 26.3 Å². The molecule has 1 aromatic carbocycles. The third kappa shape index (κ3) is 3.08. The highest BCUT2D eigenvalue weighted by molar-refractivity contribution is 5.58. The van der Waals surface area contributed by atoms with Crippen molar-refractivity contribution in [2.45, 2.75) is 38.4 Å². The van der Waals surface area contributed by atoms with E-state index in [9.17, 15) is 13.2 Å². The Hall–Kier alpha value is -1.23. The third-order valence-corrected chi connectivity index (χ3v) is 3.73. The van der Waals surface area contributed by atoms with Gasteiger partial charge in [-0.1, -0.05) is 6.92 Å². The van der Waals surface area contributed by atoms with Crippen LogP contribution in [0.15, 0.2) is 18.2 Å². The van der Waals surface area contributed by atoms with Crippen LogP contribution in [0.25, 0.3) is 0 Å². The molecule has 1 atom stereocenters. The number of anilines is 1. The summed E-state index contributed by atoms with van der Waals surface area (Å²) in [5.41, 5.74) is 1.16. The van der Waals surface area contributed by atoms with Crippen LogP contribution in [0.5, 0.6) is 0 Å². The molecule has 5 heteroatoms. The fourth-order valence-electron chi connectivity index (χ4n) is 2.83. The average Bonchev–Trinajstić information content (AvgIpc) is 2.40. The van der Waals surface area contributed by atoms with Crippen molar-refractivity contribution in [1.29, 1.82) is 0 Å². The normalized spacial score (nSPS) is 19.1. The second-order valence-corrected chi connectivity index (χ2v) is 5.18. The van der Waals surface area contributed by atoms with E-state index in [4.69, 9.17) is 4.74 Å². The van der Waals surface area contributed by atoms with E-state index in [1.165, 1.54) is 12.1 Å². The van der Waals surface area contributed by atoms with Crippen LogP contribution in [0, 0.1) is 0 Å². The van der Waals surface area contributed by atoms with Crippen LogP contribution in [-0.2, 0) is 17.3 Å². The first-order valence-corrected chi connectivity index (χ1v) is 6.93. The van der Waals surface area contributed by atoms with Crippen LogP contribution >= 0.6 is 0 Å². The Morgan fingerprint density at radius 2 is 2.10 bits per heavy atom. The van der Waals surface area contributed by atoms with E-state index in [1.807, 2.05) is 0 Å². The van der Waals surface area contributed by atoms with E-state index >= 15 is 0 Å². The number of fused-ring (bicyclic) bond motifs is 1. The molecule has 0 aromatic heterocycles. The summed E-state index contributed by atoms with van der Waals surface area (Å²) in [5, 5.41) is 0. The fourth-order valence-corrected chi connectivity index (χ4v) is 2.83. The molecule has 0 amide bonds. The molecule has 0 radical (unpaired) electrons. The molecule has 1 aromatic rings. The van der Waals surface area contributed by atoms with E-state index < -0.39 is 11.7 Å². The van der Waals surface area contributed by atoms with Gasteiger partial charge in [-0.05, 0) is 43.0 Å². The van der Waals surface area contributed by atoms with E-state index in [0.717, 1.165) is 30.6 Å².